The second-order valence-corrected chi connectivity index (χ2v) is 6.53. The fraction of sp³-hybridized carbons (Fsp3) is 0.632. The number of aliphatic hydroxyl groups excluding tert-OH is 1. The lowest BCUT2D eigenvalue weighted by Gasteiger charge is -2.19. The Hall–Kier alpha value is -1.35. The molecule has 2 unspecified atom stereocenters. The van der Waals surface area contributed by atoms with E-state index >= 15 is 0 Å². The van der Waals surface area contributed by atoms with Crippen molar-refractivity contribution in [1.82, 2.24) is 5.32 Å². The van der Waals surface area contributed by atoms with Gasteiger partial charge in [0.05, 0.1) is 5.84 Å². The molecule has 1 aromatic carbocycles. The van der Waals surface area contributed by atoms with Gasteiger partial charge in [-0.05, 0) is 43.6 Å². The number of nitrogens with zero attached hydrogens (tertiary/aromatic N) is 1. The van der Waals surface area contributed by atoms with Crippen LogP contribution in [0.5, 0.6) is 0 Å². The second-order valence-electron chi connectivity index (χ2n) is 6.53. The average molecular weight is 302 g/mol. The number of benzene rings is 1. The number of rotatable bonds is 6. The van der Waals surface area contributed by atoms with Crippen LogP contribution in [-0.2, 0) is 6.42 Å². The molecule has 0 amide bonds. The van der Waals surface area contributed by atoms with Crippen LogP contribution in [0.4, 0.5) is 0 Å². The molecule has 3 nitrogen and oxygen atoms in total. The molecule has 0 saturated carbocycles. The van der Waals surface area contributed by atoms with Crippen molar-refractivity contribution in [3.63, 3.8) is 0 Å². The first-order valence-electron chi connectivity index (χ1n) is 8.76. The molecule has 0 spiro atoms. The van der Waals surface area contributed by atoms with Gasteiger partial charge in [0.15, 0.2) is 0 Å². The molecule has 1 aromatic rings. The zero-order valence-electron chi connectivity index (χ0n) is 13.8. The largest absolute Gasteiger partial charge is 0.374 e. The van der Waals surface area contributed by atoms with E-state index in [1.54, 1.807) is 0 Å². The Kier molecular flexibility index (Phi) is 7.44. The van der Waals surface area contributed by atoms with E-state index in [0.717, 1.165) is 38.1 Å². The lowest BCUT2D eigenvalue weighted by atomic mass is 9.96. The number of aliphatic hydroxyl groups is 1. The molecule has 2 N–H and O–H groups in total. The van der Waals surface area contributed by atoms with Gasteiger partial charge in [0.2, 0.25) is 0 Å². The van der Waals surface area contributed by atoms with Gasteiger partial charge in [0.25, 0.3) is 0 Å². The van der Waals surface area contributed by atoms with E-state index in [2.05, 4.69) is 47.6 Å². The average Bonchev–Trinajstić information content (AvgIpc) is 2.49. The summed E-state index contributed by atoms with van der Waals surface area (Å²) in [6.07, 6.45) is 8.34. The molecule has 122 valence electrons. The molecule has 0 bridgehead atoms. The van der Waals surface area contributed by atoms with Crippen LogP contribution in [0.3, 0.4) is 0 Å². The summed E-state index contributed by atoms with van der Waals surface area (Å²) in [5, 5.41) is 13.4. The minimum atomic E-state index is -0.462. The summed E-state index contributed by atoms with van der Waals surface area (Å²) in [6.45, 7) is 3.16. The minimum absolute atomic E-state index is 0.462. The van der Waals surface area contributed by atoms with E-state index in [9.17, 15) is 5.11 Å². The Morgan fingerprint density at radius 3 is 2.68 bits per heavy atom. The maximum Gasteiger partial charge on any atom is 0.125 e. The fourth-order valence-electron chi connectivity index (χ4n) is 2.99. The molecular weight excluding hydrogens is 272 g/mol. The highest BCUT2D eigenvalue weighted by molar-refractivity contribution is 5.82. The molecule has 0 aliphatic carbocycles. The first-order chi connectivity index (χ1) is 10.7. The van der Waals surface area contributed by atoms with Crippen LogP contribution >= 0.6 is 0 Å². The van der Waals surface area contributed by atoms with Gasteiger partial charge in [-0.3, -0.25) is 4.99 Å². The summed E-state index contributed by atoms with van der Waals surface area (Å²) >= 11 is 0. The third-order valence-electron chi connectivity index (χ3n) is 4.32. The van der Waals surface area contributed by atoms with Crippen LogP contribution in [0.1, 0.15) is 57.4 Å². The molecule has 1 aliphatic rings. The van der Waals surface area contributed by atoms with Crippen LogP contribution in [0.2, 0.25) is 0 Å². The highest BCUT2D eigenvalue weighted by atomic mass is 16.3. The van der Waals surface area contributed by atoms with Crippen molar-refractivity contribution in [3.05, 3.63) is 35.9 Å². The van der Waals surface area contributed by atoms with Crippen molar-refractivity contribution in [2.24, 2.45) is 10.9 Å². The smallest absolute Gasteiger partial charge is 0.125 e. The van der Waals surface area contributed by atoms with E-state index in [0.29, 0.717) is 5.92 Å². The Balaban J connectivity index is 1.69. The van der Waals surface area contributed by atoms with Gasteiger partial charge in [-0.1, -0.05) is 50.1 Å². The fourth-order valence-corrected chi connectivity index (χ4v) is 2.99. The van der Waals surface area contributed by atoms with E-state index in [4.69, 9.17) is 0 Å². The first kappa shape index (κ1) is 17.0. The molecule has 2 rings (SSSR count). The van der Waals surface area contributed by atoms with E-state index in [-0.39, 0.29) is 0 Å². The van der Waals surface area contributed by atoms with Crippen LogP contribution in [0.15, 0.2) is 35.3 Å². The summed E-state index contributed by atoms with van der Waals surface area (Å²) in [5.74, 6) is 1.58. The quantitative estimate of drug-likeness (QED) is 0.782. The van der Waals surface area contributed by atoms with Crippen molar-refractivity contribution < 1.29 is 5.11 Å². The third kappa shape index (κ3) is 6.61. The molecule has 2 atom stereocenters. The van der Waals surface area contributed by atoms with Crippen molar-refractivity contribution >= 4 is 5.84 Å². The molecule has 0 aromatic heterocycles. The number of nitrogens with one attached hydrogen (secondary N) is 1. The van der Waals surface area contributed by atoms with Crippen molar-refractivity contribution in [1.29, 1.82) is 0 Å². The van der Waals surface area contributed by atoms with Crippen molar-refractivity contribution in [3.8, 4) is 0 Å². The van der Waals surface area contributed by atoms with Crippen LogP contribution in [0, 0.1) is 5.92 Å². The van der Waals surface area contributed by atoms with E-state index < -0.39 is 6.23 Å². The minimum Gasteiger partial charge on any atom is -0.374 e. The summed E-state index contributed by atoms with van der Waals surface area (Å²) < 4.78 is 0. The highest BCUT2D eigenvalue weighted by Crippen LogP contribution is 2.15. The van der Waals surface area contributed by atoms with Gasteiger partial charge in [0.1, 0.15) is 6.23 Å². The molecule has 0 saturated heterocycles. The van der Waals surface area contributed by atoms with Crippen molar-refractivity contribution in [2.75, 3.05) is 6.54 Å². The van der Waals surface area contributed by atoms with Gasteiger partial charge in [0, 0.05) is 13.0 Å². The predicted molar refractivity (Wildman–Crippen MR) is 93.1 cm³/mol. The van der Waals surface area contributed by atoms with Gasteiger partial charge < -0.3 is 10.4 Å². The van der Waals surface area contributed by atoms with E-state index in [1.165, 1.54) is 31.2 Å². The normalized spacial score (nSPS) is 18.7. The molecular formula is C19H30N2O. The summed E-state index contributed by atoms with van der Waals surface area (Å²) in [4.78, 5) is 4.56. The summed E-state index contributed by atoms with van der Waals surface area (Å²) in [6, 6.07) is 10.6. The summed E-state index contributed by atoms with van der Waals surface area (Å²) in [5.41, 5.74) is 1.38. The lowest BCUT2D eigenvalue weighted by molar-refractivity contribution is 0.140. The lowest BCUT2D eigenvalue weighted by Crippen LogP contribution is -2.35. The van der Waals surface area contributed by atoms with Crippen LogP contribution in [-0.4, -0.2) is 23.7 Å². The maximum atomic E-state index is 10.2. The molecule has 0 fully saturated rings. The first-order valence-corrected chi connectivity index (χ1v) is 8.76. The van der Waals surface area contributed by atoms with Gasteiger partial charge >= 0.3 is 0 Å². The van der Waals surface area contributed by atoms with Gasteiger partial charge in [-0.2, -0.15) is 0 Å². The molecule has 0 radical (unpaired) electrons. The van der Waals surface area contributed by atoms with Gasteiger partial charge in [-0.25, -0.2) is 0 Å². The number of hydrogen-bond donors (Lipinski definition) is 2. The topological polar surface area (TPSA) is 44.6 Å². The zero-order chi connectivity index (χ0) is 15.6. The van der Waals surface area contributed by atoms with E-state index in [1.807, 2.05) is 0 Å². The Labute approximate surface area is 134 Å². The molecule has 1 aliphatic heterocycles. The third-order valence-corrected chi connectivity index (χ3v) is 4.32. The Bertz CT molecular complexity index is 444. The predicted octanol–water partition coefficient (Wildman–Crippen LogP) is 3.92. The van der Waals surface area contributed by atoms with Gasteiger partial charge in [-0.15, -0.1) is 0 Å². The Morgan fingerprint density at radius 2 is 1.86 bits per heavy atom. The number of hydrogen-bond acceptors (Lipinski definition) is 3. The number of amidine groups is 1. The standard InChI is InChI=1S/C19H30N2O/c1-16(15-17-9-5-4-6-10-17)12-13-19(22)21-18-11-7-2-3-8-14-20-18/h4-6,9-10,16,19,22H,2-3,7-8,11-15H2,1H3,(H,20,21). The van der Waals surface area contributed by atoms with Crippen molar-refractivity contribution in [2.45, 2.75) is 64.5 Å². The van der Waals surface area contributed by atoms with Crippen LogP contribution < -0.4 is 5.32 Å². The SMILES string of the molecule is CC(CCC(O)NC1=NCCCCCC1)Cc1ccccc1. The second kappa shape index (κ2) is 9.62. The Morgan fingerprint density at radius 1 is 1.09 bits per heavy atom. The monoisotopic (exact) mass is 302 g/mol. The van der Waals surface area contributed by atoms with Crippen LogP contribution in [0.25, 0.3) is 0 Å². The maximum absolute atomic E-state index is 10.2. The number of aliphatic imine (C=N–C) groups is 1. The summed E-state index contributed by atoms with van der Waals surface area (Å²) in [7, 11) is 0. The molecule has 3 heteroatoms. The zero-order valence-corrected chi connectivity index (χ0v) is 13.8. The molecule has 1 heterocycles. The highest BCUT2D eigenvalue weighted by Gasteiger charge is 2.11. The molecule has 22 heavy (non-hydrogen) atoms.